The van der Waals surface area contributed by atoms with Crippen LogP contribution < -0.4 is 10.6 Å². The van der Waals surface area contributed by atoms with Crippen molar-refractivity contribution in [3.63, 3.8) is 0 Å². The van der Waals surface area contributed by atoms with E-state index in [-0.39, 0.29) is 23.7 Å². The largest absolute Gasteiger partial charge is 0.385 e. The Morgan fingerprint density at radius 2 is 1.68 bits per heavy atom. The summed E-state index contributed by atoms with van der Waals surface area (Å²) in [7, 11) is 1.66. The zero-order valence-electron chi connectivity index (χ0n) is 15.6. The lowest BCUT2D eigenvalue weighted by Crippen LogP contribution is -2.36. The van der Waals surface area contributed by atoms with E-state index in [0.717, 1.165) is 37.8 Å². The highest BCUT2D eigenvalue weighted by atomic mass is 16.5. The number of anilines is 1. The van der Waals surface area contributed by atoms with E-state index in [4.69, 9.17) is 4.74 Å². The number of aryl methyl sites for hydroxylation is 2. The molecule has 1 fully saturated rings. The Hall–Kier alpha value is -1.88. The van der Waals surface area contributed by atoms with Crippen LogP contribution in [0.1, 0.15) is 43.2 Å². The molecule has 2 amide bonds. The number of nitrogens with one attached hydrogen (secondary N) is 2. The predicted molar refractivity (Wildman–Crippen MR) is 99.5 cm³/mol. The van der Waals surface area contributed by atoms with E-state index in [9.17, 15) is 9.59 Å². The summed E-state index contributed by atoms with van der Waals surface area (Å²) in [5.74, 6) is 0.221. The molecule has 0 radical (unpaired) electrons. The van der Waals surface area contributed by atoms with Gasteiger partial charge in [-0.3, -0.25) is 9.59 Å². The third-order valence-electron chi connectivity index (χ3n) is 5.07. The third kappa shape index (κ3) is 5.85. The van der Waals surface area contributed by atoms with Crippen LogP contribution in [0.15, 0.2) is 18.2 Å². The average Bonchev–Trinajstić information content (AvgIpc) is 2.62. The van der Waals surface area contributed by atoms with Crippen molar-refractivity contribution in [1.82, 2.24) is 5.32 Å². The standard InChI is InChI=1S/C20H30N2O3/c1-14-5-10-18(13-15(14)2)22-20(24)17-8-6-16(7-9-17)19(23)21-11-4-12-25-3/h5,10,13,16-17H,4,6-9,11-12H2,1-3H3,(H,21,23)(H,22,24). The van der Waals surface area contributed by atoms with E-state index in [1.54, 1.807) is 7.11 Å². The molecular formula is C20H30N2O3. The molecule has 2 rings (SSSR count). The summed E-state index contributed by atoms with van der Waals surface area (Å²) in [6.45, 7) is 5.41. The zero-order valence-corrected chi connectivity index (χ0v) is 15.6. The Morgan fingerprint density at radius 1 is 1.04 bits per heavy atom. The van der Waals surface area contributed by atoms with Crippen molar-refractivity contribution in [1.29, 1.82) is 0 Å². The van der Waals surface area contributed by atoms with Gasteiger partial charge in [-0.25, -0.2) is 0 Å². The number of ether oxygens (including phenoxy) is 1. The molecule has 0 bridgehead atoms. The minimum atomic E-state index is -0.000787. The van der Waals surface area contributed by atoms with Gasteiger partial charge in [0.15, 0.2) is 0 Å². The molecule has 5 heteroatoms. The predicted octanol–water partition coefficient (Wildman–Crippen LogP) is 3.20. The fourth-order valence-corrected chi connectivity index (χ4v) is 3.25. The Morgan fingerprint density at radius 3 is 2.28 bits per heavy atom. The third-order valence-corrected chi connectivity index (χ3v) is 5.07. The molecule has 0 aliphatic heterocycles. The van der Waals surface area contributed by atoms with Crippen LogP contribution in [0.2, 0.25) is 0 Å². The van der Waals surface area contributed by atoms with Crippen molar-refractivity contribution in [2.45, 2.75) is 46.0 Å². The minimum absolute atomic E-state index is 0.000787. The summed E-state index contributed by atoms with van der Waals surface area (Å²) in [6.07, 6.45) is 3.93. The van der Waals surface area contributed by atoms with Crippen LogP contribution in [0.3, 0.4) is 0 Å². The minimum Gasteiger partial charge on any atom is -0.385 e. The molecule has 1 saturated carbocycles. The van der Waals surface area contributed by atoms with Gasteiger partial charge in [0.25, 0.3) is 0 Å². The number of hydrogen-bond acceptors (Lipinski definition) is 3. The van der Waals surface area contributed by atoms with E-state index in [0.29, 0.717) is 13.2 Å². The van der Waals surface area contributed by atoms with E-state index >= 15 is 0 Å². The topological polar surface area (TPSA) is 67.4 Å². The van der Waals surface area contributed by atoms with Crippen LogP contribution >= 0.6 is 0 Å². The lowest BCUT2D eigenvalue weighted by molar-refractivity contribution is -0.128. The maximum atomic E-state index is 12.5. The molecule has 1 aromatic carbocycles. The SMILES string of the molecule is COCCCNC(=O)C1CCC(C(=O)Nc2ccc(C)c(C)c2)CC1. The van der Waals surface area contributed by atoms with E-state index in [1.807, 2.05) is 25.1 Å². The number of rotatable bonds is 7. The molecule has 2 N–H and O–H groups in total. The first-order valence-electron chi connectivity index (χ1n) is 9.16. The first-order chi connectivity index (χ1) is 12.0. The van der Waals surface area contributed by atoms with Gasteiger partial charge in [-0.1, -0.05) is 6.07 Å². The summed E-state index contributed by atoms with van der Waals surface area (Å²) >= 11 is 0. The van der Waals surface area contributed by atoms with Gasteiger partial charge in [-0.05, 0) is 69.2 Å². The summed E-state index contributed by atoms with van der Waals surface area (Å²) in [5, 5.41) is 5.98. The monoisotopic (exact) mass is 346 g/mol. The van der Waals surface area contributed by atoms with Crippen LogP contribution in [-0.4, -0.2) is 32.1 Å². The van der Waals surface area contributed by atoms with Crippen LogP contribution in [0.5, 0.6) is 0 Å². The molecule has 0 aromatic heterocycles. The number of carbonyl (C=O) groups is 2. The fourth-order valence-electron chi connectivity index (χ4n) is 3.25. The van der Waals surface area contributed by atoms with Gasteiger partial charge in [0, 0.05) is 37.8 Å². The van der Waals surface area contributed by atoms with E-state index < -0.39 is 0 Å². The highest BCUT2D eigenvalue weighted by Crippen LogP contribution is 2.30. The van der Waals surface area contributed by atoms with Crippen LogP contribution in [0.25, 0.3) is 0 Å². The second-order valence-corrected chi connectivity index (χ2v) is 6.97. The van der Waals surface area contributed by atoms with E-state index in [2.05, 4.69) is 17.6 Å². The molecule has 0 heterocycles. The lowest BCUT2D eigenvalue weighted by atomic mass is 9.81. The number of amides is 2. The molecule has 1 aliphatic rings. The number of carbonyl (C=O) groups excluding carboxylic acids is 2. The molecule has 25 heavy (non-hydrogen) atoms. The Balaban J connectivity index is 1.76. The fraction of sp³-hybridized carbons (Fsp3) is 0.600. The van der Waals surface area contributed by atoms with Gasteiger partial charge in [0.2, 0.25) is 11.8 Å². The molecule has 1 aromatic rings. The van der Waals surface area contributed by atoms with Crippen LogP contribution in [-0.2, 0) is 14.3 Å². The normalized spacial score (nSPS) is 20.1. The zero-order chi connectivity index (χ0) is 18.2. The summed E-state index contributed by atoms with van der Waals surface area (Å²) in [6, 6.07) is 5.97. The average molecular weight is 346 g/mol. The first kappa shape index (κ1) is 19.4. The summed E-state index contributed by atoms with van der Waals surface area (Å²) < 4.78 is 4.98. The van der Waals surface area contributed by atoms with Crippen molar-refractivity contribution in [2.75, 3.05) is 25.6 Å². The van der Waals surface area contributed by atoms with Crippen LogP contribution in [0.4, 0.5) is 5.69 Å². The molecule has 0 spiro atoms. The lowest BCUT2D eigenvalue weighted by Gasteiger charge is -2.27. The number of benzene rings is 1. The van der Waals surface area contributed by atoms with Crippen molar-refractivity contribution in [2.24, 2.45) is 11.8 Å². The second kappa shape index (κ2) is 9.56. The molecule has 138 valence electrons. The van der Waals surface area contributed by atoms with Crippen molar-refractivity contribution in [3.05, 3.63) is 29.3 Å². The maximum absolute atomic E-state index is 12.5. The van der Waals surface area contributed by atoms with Gasteiger partial charge in [-0.15, -0.1) is 0 Å². The Labute approximate surface area is 150 Å². The van der Waals surface area contributed by atoms with Gasteiger partial charge < -0.3 is 15.4 Å². The highest BCUT2D eigenvalue weighted by Gasteiger charge is 2.29. The number of hydrogen-bond donors (Lipinski definition) is 2. The van der Waals surface area contributed by atoms with Crippen LogP contribution in [0, 0.1) is 25.7 Å². The van der Waals surface area contributed by atoms with E-state index in [1.165, 1.54) is 11.1 Å². The van der Waals surface area contributed by atoms with Crippen molar-refractivity contribution in [3.8, 4) is 0 Å². The van der Waals surface area contributed by atoms with Crippen molar-refractivity contribution < 1.29 is 14.3 Å². The number of methoxy groups -OCH3 is 1. The Kier molecular flexibility index (Phi) is 7.44. The first-order valence-corrected chi connectivity index (χ1v) is 9.16. The highest BCUT2D eigenvalue weighted by molar-refractivity contribution is 5.93. The van der Waals surface area contributed by atoms with Gasteiger partial charge in [0.1, 0.15) is 0 Å². The summed E-state index contributed by atoms with van der Waals surface area (Å²) in [5.41, 5.74) is 3.24. The second-order valence-electron chi connectivity index (χ2n) is 6.97. The molecule has 0 saturated heterocycles. The molecular weight excluding hydrogens is 316 g/mol. The molecule has 5 nitrogen and oxygen atoms in total. The Bertz CT molecular complexity index is 593. The summed E-state index contributed by atoms with van der Waals surface area (Å²) in [4.78, 5) is 24.6. The molecule has 1 aliphatic carbocycles. The van der Waals surface area contributed by atoms with Crippen molar-refractivity contribution >= 4 is 17.5 Å². The smallest absolute Gasteiger partial charge is 0.227 e. The molecule has 0 atom stereocenters. The quantitative estimate of drug-likeness (QED) is 0.745. The molecule has 0 unspecified atom stereocenters. The maximum Gasteiger partial charge on any atom is 0.227 e. The van der Waals surface area contributed by atoms with Gasteiger partial charge in [-0.2, -0.15) is 0 Å². The van der Waals surface area contributed by atoms with Gasteiger partial charge >= 0.3 is 0 Å². The van der Waals surface area contributed by atoms with Gasteiger partial charge in [0.05, 0.1) is 0 Å².